The number of hydrogen-bond acceptors (Lipinski definition) is 3. The monoisotopic (exact) mass is 277 g/mol. The minimum Gasteiger partial charge on any atom is -0.487 e. The highest BCUT2D eigenvalue weighted by atomic mass is 16.5. The van der Waals surface area contributed by atoms with E-state index in [0.717, 1.165) is 55.6 Å². The Hall–Kier alpha value is -1.06. The molecule has 1 aromatic rings. The van der Waals surface area contributed by atoms with Gasteiger partial charge < -0.3 is 15.2 Å². The fourth-order valence-corrected chi connectivity index (χ4v) is 2.93. The molecule has 3 nitrogen and oxygen atoms in total. The summed E-state index contributed by atoms with van der Waals surface area (Å²) < 4.78 is 6.06. The molecule has 0 aromatic heterocycles. The molecule has 0 heterocycles. The lowest BCUT2D eigenvalue weighted by molar-refractivity contribution is 0.0595. The maximum absolute atomic E-state index is 9.89. The lowest BCUT2D eigenvalue weighted by Crippen LogP contribution is -2.26. The predicted octanol–water partition coefficient (Wildman–Crippen LogP) is 3.10. The zero-order valence-electron chi connectivity index (χ0n) is 12.9. The van der Waals surface area contributed by atoms with Gasteiger partial charge in [0, 0.05) is 6.54 Å². The Bertz CT molecular complexity index is 422. The molecule has 0 amide bonds. The molecule has 2 N–H and O–H groups in total. The van der Waals surface area contributed by atoms with Crippen molar-refractivity contribution in [2.75, 3.05) is 6.54 Å². The molecule has 20 heavy (non-hydrogen) atoms. The maximum Gasteiger partial charge on any atom is 0.125 e. The standard InChI is InChI=1S/C17H27NO2/c1-4-8-18-11-14-9-12(2)17(13(3)10-14)20-16-7-5-6-15(16)19/h9-10,15-16,18-19H,4-8,11H2,1-3H3. The van der Waals surface area contributed by atoms with Crippen molar-refractivity contribution in [3.63, 3.8) is 0 Å². The molecule has 0 saturated heterocycles. The number of ether oxygens (including phenoxy) is 1. The molecule has 1 fully saturated rings. The van der Waals surface area contributed by atoms with Gasteiger partial charge in [0.05, 0.1) is 6.10 Å². The van der Waals surface area contributed by atoms with Crippen molar-refractivity contribution in [1.82, 2.24) is 5.32 Å². The van der Waals surface area contributed by atoms with E-state index < -0.39 is 0 Å². The predicted molar refractivity (Wildman–Crippen MR) is 82.2 cm³/mol. The fraction of sp³-hybridized carbons (Fsp3) is 0.647. The van der Waals surface area contributed by atoms with Crippen molar-refractivity contribution in [2.45, 2.75) is 65.2 Å². The quantitative estimate of drug-likeness (QED) is 0.785. The van der Waals surface area contributed by atoms with E-state index in [-0.39, 0.29) is 12.2 Å². The van der Waals surface area contributed by atoms with Gasteiger partial charge in [0.25, 0.3) is 0 Å². The highest BCUT2D eigenvalue weighted by molar-refractivity contribution is 5.43. The lowest BCUT2D eigenvalue weighted by atomic mass is 10.1. The number of hydrogen-bond donors (Lipinski definition) is 2. The Balaban J connectivity index is 2.06. The van der Waals surface area contributed by atoms with Crippen LogP contribution in [0.25, 0.3) is 0 Å². The van der Waals surface area contributed by atoms with E-state index in [9.17, 15) is 5.11 Å². The third-order valence-electron chi connectivity index (χ3n) is 3.96. The number of nitrogens with one attached hydrogen (secondary N) is 1. The summed E-state index contributed by atoms with van der Waals surface area (Å²) in [6.07, 6.45) is 3.69. The average molecular weight is 277 g/mol. The summed E-state index contributed by atoms with van der Waals surface area (Å²) in [6, 6.07) is 4.37. The van der Waals surface area contributed by atoms with Crippen LogP contribution in [0, 0.1) is 13.8 Å². The first-order chi connectivity index (χ1) is 9.61. The van der Waals surface area contributed by atoms with Gasteiger partial charge in [0.2, 0.25) is 0 Å². The van der Waals surface area contributed by atoms with Gasteiger partial charge >= 0.3 is 0 Å². The van der Waals surface area contributed by atoms with Crippen LogP contribution < -0.4 is 10.1 Å². The van der Waals surface area contributed by atoms with Crippen LogP contribution in [-0.2, 0) is 6.54 Å². The van der Waals surface area contributed by atoms with E-state index in [4.69, 9.17) is 4.74 Å². The SMILES string of the molecule is CCCNCc1cc(C)c(OC2CCCC2O)c(C)c1. The lowest BCUT2D eigenvalue weighted by Gasteiger charge is -2.21. The summed E-state index contributed by atoms with van der Waals surface area (Å²) >= 11 is 0. The number of aliphatic hydroxyl groups is 1. The molecule has 1 saturated carbocycles. The van der Waals surface area contributed by atoms with E-state index in [2.05, 4.69) is 38.2 Å². The largest absolute Gasteiger partial charge is 0.487 e. The Kier molecular flexibility index (Phi) is 5.44. The topological polar surface area (TPSA) is 41.5 Å². The summed E-state index contributed by atoms with van der Waals surface area (Å²) in [6.45, 7) is 8.31. The molecule has 2 rings (SSSR count). The summed E-state index contributed by atoms with van der Waals surface area (Å²) in [5.74, 6) is 0.954. The molecule has 1 aliphatic carbocycles. The van der Waals surface area contributed by atoms with Crippen LogP contribution in [0.1, 0.15) is 49.3 Å². The zero-order valence-corrected chi connectivity index (χ0v) is 12.9. The van der Waals surface area contributed by atoms with Crippen molar-refractivity contribution in [3.05, 3.63) is 28.8 Å². The van der Waals surface area contributed by atoms with E-state index in [1.807, 2.05) is 0 Å². The first-order valence-electron chi connectivity index (χ1n) is 7.77. The smallest absolute Gasteiger partial charge is 0.125 e. The van der Waals surface area contributed by atoms with E-state index in [1.165, 1.54) is 5.56 Å². The second-order valence-corrected chi connectivity index (χ2v) is 5.89. The highest BCUT2D eigenvalue weighted by Gasteiger charge is 2.27. The van der Waals surface area contributed by atoms with Crippen molar-refractivity contribution in [3.8, 4) is 5.75 Å². The normalized spacial score (nSPS) is 22.2. The fourth-order valence-electron chi connectivity index (χ4n) is 2.93. The van der Waals surface area contributed by atoms with Gasteiger partial charge in [-0.3, -0.25) is 0 Å². The molecule has 0 bridgehead atoms. The van der Waals surface area contributed by atoms with Crippen LogP contribution in [-0.4, -0.2) is 23.9 Å². The van der Waals surface area contributed by atoms with Gasteiger partial charge in [-0.05, 0) is 62.8 Å². The molecule has 1 aliphatic rings. The van der Waals surface area contributed by atoms with Crippen LogP contribution in [0.5, 0.6) is 5.75 Å². The molecule has 2 unspecified atom stereocenters. The van der Waals surface area contributed by atoms with Crippen molar-refractivity contribution < 1.29 is 9.84 Å². The van der Waals surface area contributed by atoms with Crippen LogP contribution >= 0.6 is 0 Å². The minimum absolute atomic E-state index is 0.0310. The minimum atomic E-state index is -0.306. The Labute approximate surface area is 122 Å². The molecular weight excluding hydrogens is 250 g/mol. The summed E-state index contributed by atoms with van der Waals surface area (Å²) in [5, 5.41) is 13.3. The molecule has 1 aromatic carbocycles. The Morgan fingerprint density at radius 1 is 1.25 bits per heavy atom. The Morgan fingerprint density at radius 2 is 1.95 bits per heavy atom. The van der Waals surface area contributed by atoms with Gasteiger partial charge in [-0.1, -0.05) is 19.1 Å². The van der Waals surface area contributed by atoms with Gasteiger partial charge in [0.15, 0.2) is 0 Å². The highest BCUT2D eigenvalue weighted by Crippen LogP contribution is 2.30. The third kappa shape index (κ3) is 3.74. The van der Waals surface area contributed by atoms with E-state index in [0.29, 0.717) is 0 Å². The number of aliphatic hydroxyl groups excluding tert-OH is 1. The number of aryl methyl sites for hydroxylation is 2. The second-order valence-electron chi connectivity index (χ2n) is 5.89. The van der Waals surface area contributed by atoms with Gasteiger partial charge in [-0.2, -0.15) is 0 Å². The molecule has 2 atom stereocenters. The van der Waals surface area contributed by atoms with Gasteiger partial charge in [-0.25, -0.2) is 0 Å². The number of benzene rings is 1. The van der Waals surface area contributed by atoms with Crippen LogP contribution in [0.4, 0.5) is 0 Å². The first kappa shape index (κ1) is 15.3. The molecule has 0 aliphatic heterocycles. The van der Waals surface area contributed by atoms with Crippen LogP contribution in [0.2, 0.25) is 0 Å². The van der Waals surface area contributed by atoms with Crippen molar-refractivity contribution >= 4 is 0 Å². The van der Waals surface area contributed by atoms with Crippen LogP contribution in [0.15, 0.2) is 12.1 Å². The summed E-state index contributed by atoms with van der Waals surface area (Å²) in [5.41, 5.74) is 3.63. The average Bonchev–Trinajstić information content (AvgIpc) is 2.80. The molecule has 0 radical (unpaired) electrons. The van der Waals surface area contributed by atoms with Crippen molar-refractivity contribution in [2.24, 2.45) is 0 Å². The molecule has 3 heteroatoms. The molecule has 112 valence electrons. The summed E-state index contributed by atoms with van der Waals surface area (Å²) in [4.78, 5) is 0. The first-order valence-corrected chi connectivity index (χ1v) is 7.77. The second kappa shape index (κ2) is 7.09. The van der Waals surface area contributed by atoms with Gasteiger partial charge in [0.1, 0.15) is 11.9 Å². The Morgan fingerprint density at radius 3 is 2.50 bits per heavy atom. The molecular formula is C17H27NO2. The summed E-state index contributed by atoms with van der Waals surface area (Å²) in [7, 11) is 0. The van der Waals surface area contributed by atoms with E-state index in [1.54, 1.807) is 0 Å². The van der Waals surface area contributed by atoms with E-state index >= 15 is 0 Å². The van der Waals surface area contributed by atoms with Crippen LogP contribution in [0.3, 0.4) is 0 Å². The van der Waals surface area contributed by atoms with Gasteiger partial charge in [-0.15, -0.1) is 0 Å². The van der Waals surface area contributed by atoms with Crippen molar-refractivity contribution in [1.29, 1.82) is 0 Å². The molecule has 0 spiro atoms. The third-order valence-corrected chi connectivity index (χ3v) is 3.96. The zero-order chi connectivity index (χ0) is 14.5. The number of rotatable bonds is 6. The maximum atomic E-state index is 9.89.